The van der Waals surface area contributed by atoms with Crippen LogP contribution in [0, 0.1) is 28.6 Å². The van der Waals surface area contributed by atoms with Crippen molar-refractivity contribution in [3.8, 4) is 40.6 Å². The molecular weight excluding hydrogens is 1950 g/mol. The number of anilines is 5. The van der Waals surface area contributed by atoms with Gasteiger partial charge in [-0.1, -0.05) is 71.7 Å². The molecule has 0 atom stereocenters. The standard InChI is InChI=1S/C34H32IN9O3S.C18H16IN7O3S.C16H18N2O.C15H15IN6O2S/c1-42-9-11-43(12-10-42)25-6-5-22-13-21(3-4-23(22)15-25)14-24(18-36)33(45)38-7-2-8-44-32-30(31(37)39-19-40-32)41-34(44)48-29-17-28-27(16-26(29)35)46-20-47-28;1-21-7-14(27)22-3-2-4-26-17-15(16(20)23-8-24-17)25-18(26)30-13-6-12-11(5-10(13)19)28-9-29-12;1-17-6-8-18(9-7-17)16-5-4-14-10-13(12-19)2-3-15(14)11-16;16-8-4-9-10(24-7-23-9)5-11(8)25-15-21-12-13(18)19-6-20-14(12)22(15)3-1-2-17/h3-6,13-17,19H,2,7-12,20H2,1H3,(H,38,45)(H2,37,39,40);5-6,8H,2-4,7,9H2,(H,22,27)(H2,20,23,24);2-5,10-12H,6-9H2,1H3;4-6H,1-3,7,17H2,(H2,18,19,20)/b24-14+;;;. The van der Waals surface area contributed by atoms with E-state index >= 15 is 0 Å². The summed E-state index contributed by atoms with van der Waals surface area (Å²) in [5.41, 5.74) is 31.5. The lowest BCUT2D eigenvalue weighted by Gasteiger charge is -2.34. The van der Waals surface area contributed by atoms with Crippen molar-refractivity contribution in [2.45, 2.75) is 69.1 Å². The van der Waals surface area contributed by atoms with E-state index in [-0.39, 0.29) is 38.4 Å². The van der Waals surface area contributed by atoms with Gasteiger partial charge in [-0.15, -0.1) is 0 Å². The molecule has 33 nitrogen and oxygen atoms in total. The average molecular weight is 2040 g/mol. The molecule has 18 rings (SSSR count). The molecule has 6 aromatic heterocycles. The number of nitrogen functional groups attached to an aromatic ring is 3. The molecule has 2 fully saturated rings. The van der Waals surface area contributed by atoms with Gasteiger partial charge in [0.05, 0.1) is 0 Å². The summed E-state index contributed by atoms with van der Waals surface area (Å²) in [5, 5.41) is 22.2. The van der Waals surface area contributed by atoms with Crippen LogP contribution in [0.3, 0.4) is 0 Å². The molecule has 5 aliphatic heterocycles. The maximum atomic E-state index is 13.0. The Hall–Kier alpha value is -11.0. The minimum atomic E-state index is -0.422. The summed E-state index contributed by atoms with van der Waals surface area (Å²) in [5.74, 6) is 4.60. The molecule has 0 spiro atoms. The van der Waals surface area contributed by atoms with E-state index in [2.05, 4.69) is 199 Å². The van der Waals surface area contributed by atoms with E-state index in [1.165, 1.54) is 71.0 Å². The van der Waals surface area contributed by atoms with Crippen molar-refractivity contribution in [3.63, 3.8) is 0 Å². The lowest BCUT2D eigenvalue weighted by atomic mass is 10.0. The van der Waals surface area contributed by atoms with E-state index in [1.54, 1.807) is 6.08 Å². The van der Waals surface area contributed by atoms with Crippen molar-refractivity contribution < 1.29 is 42.8 Å². The molecule has 10 N–H and O–H groups in total. The molecule has 122 heavy (non-hydrogen) atoms. The first kappa shape index (κ1) is 85.9. The van der Waals surface area contributed by atoms with Gasteiger partial charge in [0.2, 0.25) is 20.4 Å². The molecule has 7 aromatic carbocycles. The number of nitrogens with two attached hydrogens (primary N) is 4. The zero-order chi connectivity index (χ0) is 84.9. The number of hydrogen-bond donors (Lipinski definition) is 6. The number of carbonyl (C=O) groups excluding carboxylic acids is 3. The lowest BCUT2D eigenvalue weighted by Crippen LogP contribution is -2.44. The number of hydrogen-bond acceptors (Lipinski definition) is 30. The Morgan fingerprint density at radius 3 is 1.27 bits per heavy atom. The Morgan fingerprint density at radius 1 is 0.508 bits per heavy atom. The van der Waals surface area contributed by atoms with Gasteiger partial charge in [-0.2, -0.15) is 5.26 Å². The van der Waals surface area contributed by atoms with Crippen LogP contribution < -0.4 is 71.8 Å². The summed E-state index contributed by atoms with van der Waals surface area (Å²) in [7, 11) is 4.32. The number of nitriles is 1. The number of nitrogens with zero attached hydrogens (tertiary/aromatic N) is 18. The van der Waals surface area contributed by atoms with Gasteiger partial charge >= 0.3 is 0 Å². The van der Waals surface area contributed by atoms with E-state index < -0.39 is 5.91 Å². The highest BCUT2D eigenvalue weighted by molar-refractivity contribution is 14.1. The number of imidazole rings is 3. The Labute approximate surface area is 754 Å². The number of aromatic nitrogens is 12. The highest BCUT2D eigenvalue weighted by Crippen LogP contribution is 2.46. The van der Waals surface area contributed by atoms with Gasteiger partial charge in [-0.25, -0.2) is 51.4 Å². The minimum Gasteiger partial charge on any atom is -0.454 e. The van der Waals surface area contributed by atoms with Crippen molar-refractivity contribution >= 4 is 211 Å². The third-order valence-corrected chi connectivity index (χ3v) is 27.2. The predicted octanol–water partition coefficient (Wildman–Crippen LogP) is 11.9. The molecule has 13 aromatic rings. The van der Waals surface area contributed by atoms with Gasteiger partial charge in [0, 0.05) is 127 Å². The molecular formula is C83H81I3N24O9S3. The molecule has 2 saturated heterocycles. The number of benzene rings is 7. The third-order valence-electron chi connectivity index (χ3n) is 20.2. The summed E-state index contributed by atoms with van der Waals surface area (Å²) >= 11 is 11.3. The van der Waals surface area contributed by atoms with Crippen LogP contribution in [0.15, 0.2) is 164 Å². The summed E-state index contributed by atoms with van der Waals surface area (Å²) in [6, 6.07) is 38.5. The van der Waals surface area contributed by atoms with Gasteiger partial charge < -0.3 is 100 Å². The smallest absolute Gasteiger partial charge is 0.300 e. The second-order valence-corrected chi connectivity index (χ2v) is 34.9. The van der Waals surface area contributed by atoms with Crippen LogP contribution in [0.5, 0.6) is 34.5 Å². The molecule has 0 aliphatic carbocycles. The van der Waals surface area contributed by atoms with E-state index in [1.807, 2.05) is 86.5 Å². The van der Waals surface area contributed by atoms with Crippen molar-refractivity contribution in [2.24, 2.45) is 5.73 Å². The molecule has 39 heteroatoms. The topological polar surface area (TPSA) is 407 Å². The number of likely N-dealkylation sites (N-methyl/N-ethyl adjacent to an activating group) is 2. The number of aryl methyl sites for hydroxylation is 3. The zero-order valence-corrected chi connectivity index (χ0v) is 74.9. The fourth-order valence-electron chi connectivity index (χ4n) is 13.7. The second kappa shape index (κ2) is 39.9. The van der Waals surface area contributed by atoms with Gasteiger partial charge in [-0.05, 0) is 214 Å². The number of aldehydes is 1. The molecule has 0 unspecified atom stereocenters. The monoisotopic (exact) mass is 2030 g/mol. The number of ether oxygens (including phenoxy) is 6. The number of halogens is 3. The predicted molar refractivity (Wildman–Crippen MR) is 494 cm³/mol. The number of rotatable bonds is 23. The molecule has 2 amide bonds. The average Bonchev–Trinajstić information content (AvgIpc) is 1.23. The molecule has 0 saturated carbocycles. The first-order valence-corrected chi connectivity index (χ1v) is 44.4. The second-order valence-electron chi connectivity index (χ2n) is 28.4. The Bertz CT molecular complexity index is 6230. The van der Waals surface area contributed by atoms with Gasteiger partial charge in [0.15, 0.2) is 101 Å². The minimum absolute atomic E-state index is 0.0469. The van der Waals surface area contributed by atoms with Crippen LogP contribution in [0.1, 0.15) is 35.2 Å². The fraction of sp³-hybridized carbons (Fsp3) is 0.277. The Balaban J connectivity index is 0.000000134. The van der Waals surface area contributed by atoms with Gasteiger partial charge in [-0.3, -0.25) is 14.4 Å². The third kappa shape index (κ3) is 20.3. The van der Waals surface area contributed by atoms with Crippen molar-refractivity contribution in [1.82, 2.24) is 79.0 Å². The fourth-order valence-corrected chi connectivity index (χ4v) is 18.9. The Morgan fingerprint density at radius 2 is 0.877 bits per heavy atom. The first-order valence-electron chi connectivity index (χ1n) is 38.7. The lowest BCUT2D eigenvalue weighted by molar-refractivity contribution is -0.119. The number of amides is 2. The van der Waals surface area contributed by atoms with Crippen LogP contribution in [-0.2, 0) is 29.2 Å². The zero-order valence-electron chi connectivity index (χ0n) is 66.0. The normalized spacial score (nSPS) is 14.1. The SMILES string of the molecule is CN1CCN(c2ccc3cc(/C=C(\C#N)C(=O)NCCCn4c(Sc5cc6c(cc5I)OCO6)nc5c(N)ncnc54)ccc3c2)CC1.CN1CCN(c2ccc3cc(C=O)ccc3c2)CC1.NCCCn1c(Sc2cc3c(cc2I)OCO3)nc2c(N)ncnc21.[C-]#[N+]CC(=O)NCCCn1c(Sc2cc3c(cc2I)OCO3)nc2c(N)ncnc21. The first-order chi connectivity index (χ1) is 59.3. The van der Waals surface area contributed by atoms with Crippen molar-refractivity contribution in [3.05, 3.63) is 167 Å². The van der Waals surface area contributed by atoms with E-state index in [9.17, 15) is 19.6 Å². The number of fused-ring (bicyclic) bond motifs is 8. The van der Waals surface area contributed by atoms with E-state index in [0.717, 1.165) is 146 Å². The summed E-state index contributed by atoms with van der Waals surface area (Å²) in [6.07, 6.45) is 8.84. The van der Waals surface area contributed by atoms with Gasteiger partial charge in [0.1, 0.15) is 36.9 Å². The highest BCUT2D eigenvalue weighted by Gasteiger charge is 2.27. The maximum absolute atomic E-state index is 13.0. The summed E-state index contributed by atoms with van der Waals surface area (Å²) in [6.45, 7) is 18.9. The Kier molecular flexibility index (Phi) is 28.1. The number of piperazine rings is 2. The number of nitrogens with one attached hydrogen (secondary N) is 2. The van der Waals surface area contributed by atoms with E-state index in [4.69, 9.17) is 62.9 Å². The van der Waals surface area contributed by atoms with Gasteiger partial charge in [0.25, 0.3) is 18.4 Å². The number of carbonyl (C=O) groups is 3. The van der Waals surface area contributed by atoms with E-state index in [0.29, 0.717) is 125 Å². The molecule has 11 heterocycles. The quantitative estimate of drug-likeness (QED) is 0.00865. The van der Waals surface area contributed by atoms with Crippen LogP contribution in [-0.4, -0.2) is 199 Å². The molecule has 5 aliphatic rings. The molecule has 626 valence electrons. The van der Waals surface area contributed by atoms with Crippen molar-refractivity contribution in [2.75, 3.05) is 140 Å². The maximum Gasteiger partial charge on any atom is 0.300 e. The van der Waals surface area contributed by atoms with Crippen molar-refractivity contribution in [1.29, 1.82) is 5.26 Å². The largest absolute Gasteiger partial charge is 0.454 e. The van der Waals surface area contributed by atoms with Crippen LogP contribution in [0.25, 0.3) is 66.0 Å². The molecule has 0 bridgehead atoms. The summed E-state index contributed by atoms with van der Waals surface area (Å²) < 4.78 is 41.9. The van der Waals surface area contributed by atoms with Crippen LogP contribution >= 0.6 is 103 Å². The summed E-state index contributed by atoms with van der Waals surface area (Å²) in [4.78, 5) is 90.2. The highest BCUT2D eigenvalue weighted by atomic mass is 127. The van der Waals surface area contributed by atoms with Crippen LogP contribution in [0.4, 0.5) is 28.8 Å². The van der Waals surface area contributed by atoms with Crippen LogP contribution in [0.2, 0.25) is 0 Å². The molecule has 0 radical (unpaired) electrons.